The predicted molar refractivity (Wildman–Crippen MR) is 125 cm³/mol. The van der Waals surface area contributed by atoms with Crippen LogP contribution in [0, 0.1) is 12.7 Å². The Morgan fingerprint density at radius 1 is 1.14 bits per heavy atom. The first kappa shape index (κ1) is 23.1. The van der Waals surface area contributed by atoms with Crippen molar-refractivity contribution in [3.8, 4) is 0 Å². The first-order valence-corrected chi connectivity index (χ1v) is 9.61. The molecule has 5 nitrogen and oxygen atoms in total. The topological polar surface area (TPSA) is 56.7 Å². The Hall–Kier alpha value is -2.16. The molecule has 7 heteroatoms. The zero-order chi connectivity index (χ0) is 19.9. The van der Waals surface area contributed by atoms with Crippen LogP contribution < -0.4 is 10.6 Å². The molecule has 0 spiro atoms. The minimum atomic E-state index is -0.204. The molecule has 156 valence electrons. The molecule has 0 radical (unpaired) electrons. The number of benzene rings is 2. The molecule has 2 N–H and O–H groups in total. The fraction of sp³-hybridized carbons (Fsp3) is 0.364. The highest BCUT2D eigenvalue weighted by atomic mass is 127. The summed E-state index contributed by atoms with van der Waals surface area (Å²) in [6.45, 7) is 4.29. The number of nitrogens with one attached hydrogen (secondary N) is 2. The molecule has 0 unspecified atom stereocenters. The summed E-state index contributed by atoms with van der Waals surface area (Å²) in [5, 5.41) is 6.37. The highest BCUT2D eigenvalue weighted by molar-refractivity contribution is 14.0. The number of hydrogen-bond acceptors (Lipinski definition) is 2. The Kier molecular flexibility index (Phi) is 8.88. The van der Waals surface area contributed by atoms with Crippen molar-refractivity contribution in [2.24, 2.45) is 4.99 Å². The molecule has 3 rings (SSSR count). The molecule has 0 saturated carbocycles. The summed E-state index contributed by atoms with van der Waals surface area (Å²) in [7, 11) is 1.69. The largest absolute Gasteiger partial charge is 0.356 e. The Morgan fingerprint density at radius 3 is 2.45 bits per heavy atom. The maximum absolute atomic E-state index is 13.6. The number of guanidine groups is 1. The summed E-state index contributed by atoms with van der Waals surface area (Å²) in [4.78, 5) is 18.5. The zero-order valence-corrected chi connectivity index (χ0v) is 19.2. The second kappa shape index (κ2) is 11.1. The van der Waals surface area contributed by atoms with Gasteiger partial charge in [0.25, 0.3) is 0 Å². The molecule has 1 aliphatic rings. The van der Waals surface area contributed by atoms with E-state index in [-0.39, 0.29) is 35.7 Å². The molecular formula is C22H28FIN4O. The van der Waals surface area contributed by atoms with Crippen molar-refractivity contribution in [3.05, 3.63) is 70.5 Å². The van der Waals surface area contributed by atoms with Gasteiger partial charge in [0.05, 0.1) is 0 Å². The van der Waals surface area contributed by atoms with Gasteiger partial charge in [0, 0.05) is 39.6 Å². The van der Waals surface area contributed by atoms with Crippen LogP contribution in [0.15, 0.2) is 47.5 Å². The van der Waals surface area contributed by atoms with Crippen molar-refractivity contribution in [2.75, 3.05) is 13.6 Å². The number of rotatable bonds is 6. The standard InChI is InChI=1S/C22H27FN4O.HI/c1-16-9-10-17(12-20(16)23)13-26-22(24-2)25-11-5-8-21(28)27-14-18-6-3-4-7-19(18)15-27;/h3-4,6-7,9-10,12H,5,8,11,13-15H2,1-2H3,(H2,24,25,26);1H. The van der Waals surface area contributed by atoms with E-state index in [0.717, 1.165) is 12.0 Å². The van der Waals surface area contributed by atoms with Crippen molar-refractivity contribution < 1.29 is 9.18 Å². The third-order valence-electron chi connectivity index (χ3n) is 4.97. The molecule has 1 aliphatic heterocycles. The van der Waals surface area contributed by atoms with E-state index in [1.807, 2.05) is 23.1 Å². The number of aryl methyl sites for hydroxylation is 1. The number of aliphatic imine (C=N–C) groups is 1. The SMILES string of the molecule is CN=C(NCCCC(=O)N1Cc2ccccc2C1)NCc1ccc(C)c(F)c1.I. The van der Waals surface area contributed by atoms with Crippen molar-refractivity contribution >= 4 is 35.8 Å². The number of carbonyl (C=O) groups is 1. The van der Waals surface area contributed by atoms with E-state index in [0.29, 0.717) is 44.1 Å². The van der Waals surface area contributed by atoms with Crippen molar-refractivity contribution in [3.63, 3.8) is 0 Å². The lowest BCUT2D eigenvalue weighted by atomic mass is 10.1. The highest BCUT2D eigenvalue weighted by Crippen LogP contribution is 2.22. The van der Waals surface area contributed by atoms with Crippen molar-refractivity contribution in [1.82, 2.24) is 15.5 Å². The van der Waals surface area contributed by atoms with Gasteiger partial charge in [0.15, 0.2) is 5.96 Å². The van der Waals surface area contributed by atoms with E-state index in [1.165, 1.54) is 17.2 Å². The van der Waals surface area contributed by atoms with Crippen molar-refractivity contribution in [2.45, 2.75) is 39.4 Å². The van der Waals surface area contributed by atoms with E-state index < -0.39 is 0 Å². The summed E-state index contributed by atoms with van der Waals surface area (Å²) in [6, 6.07) is 13.4. The van der Waals surface area contributed by atoms with E-state index in [2.05, 4.69) is 27.8 Å². The quantitative estimate of drug-likeness (QED) is 0.270. The monoisotopic (exact) mass is 510 g/mol. The first-order chi connectivity index (χ1) is 13.6. The van der Waals surface area contributed by atoms with Gasteiger partial charge in [-0.05, 0) is 41.7 Å². The van der Waals surface area contributed by atoms with Gasteiger partial charge in [-0.25, -0.2) is 4.39 Å². The van der Waals surface area contributed by atoms with E-state index in [9.17, 15) is 9.18 Å². The lowest BCUT2D eigenvalue weighted by Gasteiger charge is -2.16. The molecule has 0 aliphatic carbocycles. The second-order valence-corrected chi connectivity index (χ2v) is 7.06. The number of amides is 1. The molecule has 2 aromatic rings. The van der Waals surface area contributed by atoms with Crippen LogP contribution in [-0.4, -0.2) is 30.4 Å². The van der Waals surface area contributed by atoms with Gasteiger partial charge < -0.3 is 15.5 Å². The lowest BCUT2D eigenvalue weighted by molar-refractivity contribution is -0.131. The fourth-order valence-electron chi connectivity index (χ4n) is 3.27. The maximum Gasteiger partial charge on any atom is 0.223 e. The number of nitrogens with zero attached hydrogens (tertiary/aromatic N) is 2. The highest BCUT2D eigenvalue weighted by Gasteiger charge is 2.22. The average molecular weight is 510 g/mol. The maximum atomic E-state index is 13.6. The van der Waals surface area contributed by atoms with Gasteiger partial charge in [0.2, 0.25) is 5.91 Å². The van der Waals surface area contributed by atoms with Crippen LogP contribution in [0.25, 0.3) is 0 Å². The van der Waals surface area contributed by atoms with E-state index in [1.54, 1.807) is 20.0 Å². The van der Waals surface area contributed by atoms with E-state index >= 15 is 0 Å². The van der Waals surface area contributed by atoms with Crippen molar-refractivity contribution in [1.29, 1.82) is 0 Å². The molecule has 0 bridgehead atoms. The molecule has 0 fully saturated rings. The number of hydrogen-bond donors (Lipinski definition) is 2. The molecule has 0 atom stereocenters. The Labute approximate surface area is 188 Å². The summed E-state index contributed by atoms with van der Waals surface area (Å²) >= 11 is 0. The van der Waals surface area contributed by atoms with Gasteiger partial charge in [0.1, 0.15) is 5.82 Å². The van der Waals surface area contributed by atoms with Crippen LogP contribution in [0.4, 0.5) is 4.39 Å². The van der Waals surface area contributed by atoms with Gasteiger partial charge in [-0.3, -0.25) is 9.79 Å². The van der Waals surface area contributed by atoms with Crippen LogP contribution in [0.2, 0.25) is 0 Å². The molecule has 0 aromatic heterocycles. The zero-order valence-electron chi connectivity index (χ0n) is 16.9. The van der Waals surface area contributed by atoms with Gasteiger partial charge >= 0.3 is 0 Å². The third-order valence-corrected chi connectivity index (χ3v) is 4.97. The minimum absolute atomic E-state index is 0. The lowest BCUT2D eigenvalue weighted by Crippen LogP contribution is -2.37. The van der Waals surface area contributed by atoms with Gasteiger partial charge in [-0.2, -0.15) is 0 Å². The summed E-state index contributed by atoms with van der Waals surface area (Å²) < 4.78 is 13.6. The predicted octanol–water partition coefficient (Wildman–Crippen LogP) is 3.74. The number of carbonyl (C=O) groups excluding carboxylic acids is 1. The average Bonchev–Trinajstić information content (AvgIpc) is 3.14. The third kappa shape index (κ3) is 6.42. The Balaban J connectivity index is 0.00000300. The summed E-state index contributed by atoms with van der Waals surface area (Å²) in [5.74, 6) is 0.614. The molecular weight excluding hydrogens is 482 g/mol. The summed E-state index contributed by atoms with van der Waals surface area (Å²) in [5.41, 5.74) is 3.98. The normalized spacial score (nSPS) is 12.9. The smallest absolute Gasteiger partial charge is 0.223 e. The number of fused-ring (bicyclic) bond motifs is 1. The van der Waals surface area contributed by atoms with Crippen LogP contribution in [0.3, 0.4) is 0 Å². The van der Waals surface area contributed by atoms with Crippen LogP contribution in [0.1, 0.15) is 35.1 Å². The van der Waals surface area contributed by atoms with Crippen LogP contribution in [0.5, 0.6) is 0 Å². The second-order valence-electron chi connectivity index (χ2n) is 7.06. The number of halogens is 2. The Bertz CT molecular complexity index is 847. The van der Waals surface area contributed by atoms with Gasteiger partial charge in [-0.15, -0.1) is 24.0 Å². The Morgan fingerprint density at radius 2 is 1.83 bits per heavy atom. The fourth-order valence-corrected chi connectivity index (χ4v) is 3.27. The molecule has 1 heterocycles. The summed E-state index contributed by atoms with van der Waals surface area (Å²) in [6.07, 6.45) is 1.23. The van der Waals surface area contributed by atoms with E-state index in [4.69, 9.17) is 0 Å². The van der Waals surface area contributed by atoms with Gasteiger partial charge in [-0.1, -0.05) is 36.4 Å². The van der Waals surface area contributed by atoms with Crippen LogP contribution in [-0.2, 0) is 24.4 Å². The molecule has 1 amide bonds. The molecule has 29 heavy (non-hydrogen) atoms. The first-order valence-electron chi connectivity index (χ1n) is 9.61. The van der Waals surface area contributed by atoms with Crippen LogP contribution >= 0.6 is 24.0 Å². The molecule has 2 aromatic carbocycles. The minimum Gasteiger partial charge on any atom is -0.356 e. The molecule has 0 saturated heterocycles.